The van der Waals surface area contributed by atoms with E-state index in [1.165, 1.54) is 12.1 Å². The lowest BCUT2D eigenvalue weighted by atomic mass is 9.97. The number of nitro groups is 1. The molecular formula is C16H22N2O5. The van der Waals surface area contributed by atoms with Gasteiger partial charge in [-0.3, -0.25) is 19.8 Å². The number of nitro benzene ring substituents is 1. The molecule has 1 aliphatic rings. The standard InChI is InChI=1S/C16H22N2O5/c1-3-23-16(19)12-5-4-8-17(10-12)11-13-9-14(18(20)21)6-7-15(13)22-2/h6-7,9,12H,3-5,8,10-11H2,1-2H3. The van der Waals surface area contributed by atoms with Crippen molar-refractivity contribution in [3.8, 4) is 5.75 Å². The van der Waals surface area contributed by atoms with Crippen LogP contribution in [0.3, 0.4) is 0 Å². The maximum Gasteiger partial charge on any atom is 0.310 e. The Bertz CT molecular complexity index is 576. The SMILES string of the molecule is CCOC(=O)C1CCCN(Cc2cc([N+](=O)[O-])ccc2OC)C1. The molecule has 2 rings (SSSR count). The Labute approximate surface area is 135 Å². The topological polar surface area (TPSA) is 81.9 Å². The predicted molar refractivity (Wildman–Crippen MR) is 84.3 cm³/mol. The van der Waals surface area contributed by atoms with Crippen molar-refractivity contribution < 1.29 is 19.2 Å². The first kappa shape index (κ1) is 17.2. The molecule has 23 heavy (non-hydrogen) atoms. The molecule has 0 saturated carbocycles. The molecule has 7 nitrogen and oxygen atoms in total. The Morgan fingerprint density at radius 1 is 1.48 bits per heavy atom. The van der Waals surface area contributed by atoms with E-state index in [2.05, 4.69) is 4.90 Å². The van der Waals surface area contributed by atoms with Gasteiger partial charge in [0.2, 0.25) is 0 Å². The normalized spacial score (nSPS) is 18.4. The molecule has 0 aromatic heterocycles. The van der Waals surface area contributed by atoms with Crippen molar-refractivity contribution in [2.45, 2.75) is 26.3 Å². The third-order valence-electron chi connectivity index (χ3n) is 3.99. The molecule has 0 spiro atoms. The largest absolute Gasteiger partial charge is 0.496 e. The third kappa shape index (κ3) is 4.41. The highest BCUT2D eigenvalue weighted by atomic mass is 16.6. The number of benzene rings is 1. The fourth-order valence-electron chi connectivity index (χ4n) is 2.89. The highest BCUT2D eigenvalue weighted by Crippen LogP contribution is 2.27. The predicted octanol–water partition coefficient (Wildman–Crippen LogP) is 2.38. The van der Waals surface area contributed by atoms with Gasteiger partial charge in [-0.15, -0.1) is 0 Å². The number of nitrogens with zero attached hydrogens (tertiary/aromatic N) is 2. The van der Waals surface area contributed by atoms with Gasteiger partial charge < -0.3 is 9.47 Å². The summed E-state index contributed by atoms with van der Waals surface area (Å²) in [6.45, 7) is 4.15. The zero-order valence-electron chi connectivity index (χ0n) is 13.5. The fourth-order valence-corrected chi connectivity index (χ4v) is 2.89. The number of carbonyl (C=O) groups is 1. The van der Waals surface area contributed by atoms with Gasteiger partial charge in [-0.25, -0.2) is 0 Å². The van der Waals surface area contributed by atoms with Crippen molar-refractivity contribution in [2.24, 2.45) is 5.92 Å². The number of non-ortho nitro benzene ring substituents is 1. The van der Waals surface area contributed by atoms with E-state index in [1.54, 1.807) is 20.1 Å². The minimum Gasteiger partial charge on any atom is -0.496 e. The van der Waals surface area contributed by atoms with E-state index in [1.807, 2.05) is 0 Å². The summed E-state index contributed by atoms with van der Waals surface area (Å²) in [6.07, 6.45) is 1.72. The van der Waals surface area contributed by atoms with Gasteiger partial charge in [0.25, 0.3) is 5.69 Å². The maximum absolute atomic E-state index is 11.9. The maximum atomic E-state index is 11.9. The Morgan fingerprint density at radius 3 is 2.91 bits per heavy atom. The Balaban J connectivity index is 2.10. The first-order chi connectivity index (χ1) is 11.0. The Morgan fingerprint density at radius 2 is 2.26 bits per heavy atom. The summed E-state index contributed by atoms with van der Waals surface area (Å²) in [5.74, 6) is 0.324. The minimum absolute atomic E-state index is 0.0414. The molecule has 1 aromatic rings. The number of hydrogen-bond acceptors (Lipinski definition) is 6. The second-order valence-electron chi connectivity index (χ2n) is 5.58. The highest BCUT2D eigenvalue weighted by Gasteiger charge is 2.27. The van der Waals surface area contributed by atoms with Gasteiger partial charge in [0.15, 0.2) is 0 Å². The van der Waals surface area contributed by atoms with Crippen molar-refractivity contribution in [1.29, 1.82) is 0 Å². The molecule has 1 saturated heterocycles. The molecule has 0 radical (unpaired) electrons. The van der Waals surface area contributed by atoms with Gasteiger partial charge in [0.05, 0.1) is 24.6 Å². The average Bonchev–Trinajstić information content (AvgIpc) is 2.55. The van der Waals surface area contributed by atoms with Gasteiger partial charge in [0, 0.05) is 30.8 Å². The molecule has 1 atom stereocenters. The Hall–Kier alpha value is -2.15. The van der Waals surface area contributed by atoms with Crippen LogP contribution in [-0.2, 0) is 16.1 Å². The number of piperidine rings is 1. The summed E-state index contributed by atoms with van der Waals surface area (Å²) in [6, 6.07) is 4.58. The summed E-state index contributed by atoms with van der Waals surface area (Å²) in [4.78, 5) is 24.5. The molecule has 1 heterocycles. The van der Waals surface area contributed by atoms with Crippen LogP contribution in [0.1, 0.15) is 25.3 Å². The second kappa shape index (κ2) is 7.92. The van der Waals surface area contributed by atoms with E-state index in [4.69, 9.17) is 9.47 Å². The quantitative estimate of drug-likeness (QED) is 0.454. The van der Waals surface area contributed by atoms with Crippen LogP contribution in [0.2, 0.25) is 0 Å². The van der Waals surface area contributed by atoms with Crippen LogP contribution in [0.4, 0.5) is 5.69 Å². The van der Waals surface area contributed by atoms with Gasteiger partial charge >= 0.3 is 5.97 Å². The van der Waals surface area contributed by atoms with E-state index < -0.39 is 4.92 Å². The van der Waals surface area contributed by atoms with Crippen LogP contribution in [0.25, 0.3) is 0 Å². The van der Waals surface area contributed by atoms with Crippen molar-refractivity contribution in [1.82, 2.24) is 4.90 Å². The molecule has 0 aliphatic carbocycles. The van der Waals surface area contributed by atoms with Crippen LogP contribution in [0.5, 0.6) is 5.75 Å². The van der Waals surface area contributed by atoms with E-state index in [9.17, 15) is 14.9 Å². The van der Waals surface area contributed by atoms with Crippen LogP contribution in [-0.4, -0.2) is 42.6 Å². The van der Waals surface area contributed by atoms with Crippen molar-refractivity contribution >= 4 is 11.7 Å². The summed E-state index contributed by atoms with van der Waals surface area (Å²) in [7, 11) is 1.54. The number of esters is 1. The molecule has 1 fully saturated rings. The van der Waals surface area contributed by atoms with Gasteiger partial charge in [-0.1, -0.05) is 0 Å². The molecule has 0 amide bonds. The molecule has 7 heteroatoms. The van der Waals surface area contributed by atoms with Crippen molar-refractivity contribution in [3.05, 3.63) is 33.9 Å². The van der Waals surface area contributed by atoms with Crippen LogP contribution >= 0.6 is 0 Å². The molecule has 1 aliphatic heterocycles. The van der Waals surface area contributed by atoms with Crippen LogP contribution in [0.15, 0.2) is 18.2 Å². The van der Waals surface area contributed by atoms with Gasteiger partial charge in [0.1, 0.15) is 5.75 Å². The molecule has 1 unspecified atom stereocenters. The highest BCUT2D eigenvalue weighted by molar-refractivity contribution is 5.72. The average molecular weight is 322 g/mol. The van der Waals surface area contributed by atoms with E-state index >= 15 is 0 Å². The molecular weight excluding hydrogens is 300 g/mol. The van der Waals surface area contributed by atoms with Crippen molar-refractivity contribution in [3.63, 3.8) is 0 Å². The molecule has 0 N–H and O–H groups in total. The summed E-state index contributed by atoms with van der Waals surface area (Å²) < 4.78 is 10.4. The zero-order chi connectivity index (χ0) is 16.8. The lowest BCUT2D eigenvalue weighted by Gasteiger charge is -2.31. The molecule has 1 aromatic carbocycles. The number of rotatable bonds is 6. The first-order valence-electron chi connectivity index (χ1n) is 7.75. The van der Waals surface area contributed by atoms with Gasteiger partial charge in [-0.2, -0.15) is 0 Å². The number of carbonyl (C=O) groups excluding carboxylic acids is 1. The van der Waals surface area contributed by atoms with Crippen LogP contribution < -0.4 is 4.74 Å². The second-order valence-corrected chi connectivity index (χ2v) is 5.58. The summed E-state index contributed by atoms with van der Waals surface area (Å²) in [5.41, 5.74) is 0.797. The van der Waals surface area contributed by atoms with Crippen molar-refractivity contribution in [2.75, 3.05) is 26.8 Å². The van der Waals surface area contributed by atoms with E-state index in [0.717, 1.165) is 24.9 Å². The van der Waals surface area contributed by atoms with Gasteiger partial charge in [-0.05, 0) is 32.4 Å². The minimum atomic E-state index is -0.416. The molecule has 126 valence electrons. The number of hydrogen-bond donors (Lipinski definition) is 0. The number of likely N-dealkylation sites (tertiary alicyclic amines) is 1. The van der Waals surface area contributed by atoms with E-state index in [-0.39, 0.29) is 17.6 Å². The van der Waals surface area contributed by atoms with Crippen LogP contribution in [0, 0.1) is 16.0 Å². The zero-order valence-corrected chi connectivity index (χ0v) is 13.5. The van der Waals surface area contributed by atoms with E-state index in [0.29, 0.717) is 25.4 Å². The lowest BCUT2D eigenvalue weighted by molar-refractivity contribution is -0.385. The Kier molecular flexibility index (Phi) is 5.92. The molecule has 0 bridgehead atoms. The summed E-state index contributed by atoms with van der Waals surface area (Å²) in [5, 5.41) is 10.9. The number of ether oxygens (including phenoxy) is 2. The fraction of sp³-hybridized carbons (Fsp3) is 0.562. The summed E-state index contributed by atoms with van der Waals surface area (Å²) >= 11 is 0. The lowest BCUT2D eigenvalue weighted by Crippen LogP contribution is -2.39. The number of methoxy groups -OCH3 is 1. The monoisotopic (exact) mass is 322 g/mol. The third-order valence-corrected chi connectivity index (χ3v) is 3.99. The smallest absolute Gasteiger partial charge is 0.310 e. The first-order valence-corrected chi connectivity index (χ1v) is 7.75.